The lowest BCUT2D eigenvalue weighted by atomic mass is 9.88. The monoisotopic (exact) mass is 398 g/mol. The van der Waals surface area contributed by atoms with Gasteiger partial charge in [-0.05, 0) is 30.2 Å². The van der Waals surface area contributed by atoms with Crippen molar-refractivity contribution in [1.29, 1.82) is 0 Å². The largest absolute Gasteiger partial charge is 0.351 e. The zero-order chi connectivity index (χ0) is 20.9. The van der Waals surface area contributed by atoms with Gasteiger partial charge in [0.15, 0.2) is 0 Å². The highest BCUT2D eigenvalue weighted by Gasteiger charge is 2.32. The first-order valence-corrected chi connectivity index (χ1v) is 10.4. The molecule has 0 aromatic heterocycles. The Morgan fingerprint density at radius 3 is 2.07 bits per heavy atom. The van der Waals surface area contributed by atoms with E-state index in [1.54, 1.807) is 4.90 Å². The lowest BCUT2D eigenvalue weighted by molar-refractivity contribution is -0.122. The summed E-state index contributed by atoms with van der Waals surface area (Å²) in [5.41, 5.74) is 4.27. The second-order valence-electron chi connectivity index (χ2n) is 7.89. The van der Waals surface area contributed by atoms with Crippen LogP contribution in [0.2, 0.25) is 0 Å². The van der Waals surface area contributed by atoms with Crippen molar-refractivity contribution in [2.24, 2.45) is 0 Å². The fraction of sp³-hybridized carbons (Fsp3) is 0.231. The fourth-order valence-corrected chi connectivity index (χ4v) is 4.05. The standard InChI is InChI=1S/C26H26N2O2/c1-19-12-14-23(15-13-19)28-18-22(16-26(28)30)27-25(29)17-24(20-8-4-2-5-9-20)21-10-6-3-7-11-21/h2-15,22,24H,16-18H2,1H3,(H,27,29). The zero-order valence-corrected chi connectivity index (χ0v) is 17.1. The van der Waals surface area contributed by atoms with Crippen molar-refractivity contribution in [3.8, 4) is 0 Å². The summed E-state index contributed by atoms with van der Waals surface area (Å²) in [4.78, 5) is 27.2. The van der Waals surface area contributed by atoms with Gasteiger partial charge < -0.3 is 10.2 Å². The van der Waals surface area contributed by atoms with Crippen LogP contribution in [0.1, 0.15) is 35.4 Å². The van der Waals surface area contributed by atoms with Crippen LogP contribution in [0.15, 0.2) is 84.9 Å². The molecule has 1 fully saturated rings. The number of nitrogens with zero attached hydrogens (tertiary/aromatic N) is 1. The van der Waals surface area contributed by atoms with Gasteiger partial charge in [0.1, 0.15) is 0 Å². The maximum atomic E-state index is 12.9. The number of carbonyl (C=O) groups excluding carboxylic acids is 2. The van der Waals surface area contributed by atoms with Gasteiger partial charge in [-0.25, -0.2) is 0 Å². The third kappa shape index (κ3) is 4.60. The second-order valence-corrected chi connectivity index (χ2v) is 7.89. The van der Waals surface area contributed by atoms with E-state index in [1.807, 2.05) is 67.6 Å². The van der Waals surface area contributed by atoms with E-state index in [9.17, 15) is 9.59 Å². The lowest BCUT2D eigenvalue weighted by Gasteiger charge is -2.20. The first kappa shape index (κ1) is 19.9. The van der Waals surface area contributed by atoms with E-state index in [0.717, 1.165) is 22.4 Å². The molecule has 4 nitrogen and oxygen atoms in total. The molecule has 0 bridgehead atoms. The highest BCUT2D eigenvalue weighted by molar-refractivity contribution is 5.96. The summed E-state index contributed by atoms with van der Waals surface area (Å²) in [5, 5.41) is 3.09. The third-order valence-electron chi connectivity index (χ3n) is 5.63. The number of nitrogens with one attached hydrogen (secondary N) is 1. The topological polar surface area (TPSA) is 49.4 Å². The van der Waals surface area contributed by atoms with Crippen LogP contribution in [0.5, 0.6) is 0 Å². The van der Waals surface area contributed by atoms with Gasteiger partial charge in [0, 0.05) is 31.0 Å². The molecule has 1 aliphatic heterocycles. The predicted molar refractivity (Wildman–Crippen MR) is 119 cm³/mol. The van der Waals surface area contributed by atoms with Crippen molar-refractivity contribution in [3.05, 3.63) is 102 Å². The Labute approximate surface area is 177 Å². The number of rotatable bonds is 6. The molecular weight excluding hydrogens is 372 g/mol. The average Bonchev–Trinajstić information content (AvgIpc) is 3.13. The van der Waals surface area contributed by atoms with E-state index < -0.39 is 0 Å². The van der Waals surface area contributed by atoms with Gasteiger partial charge in [-0.15, -0.1) is 0 Å². The van der Waals surface area contributed by atoms with E-state index >= 15 is 0 Å². The zero-order valence-electron chi connectivity index (χ0n) is 17.1. The van der Waals surface area contributed by atoms with Crippen LogP contribution in [-0.2, 0) is 9.59 Å². The minimum atomic E-state index is -0.168. The Hall–Kier alpha value is -3.40. The Kier molecular flexibility index (Phi) is 5.94. The minimum Gasteiger partial charge on any atom is -0.351 e. The van der Waals surface area contributed by atoms with E-state index in [4.69, 9.17) is 0 Å². The third-order valence-corrected chi connectivity index (χ3v) is 5.63. The SMILES string of the molecule is Cc1ccc(N2CC(NC(=O)CC(c3ccccc3)c3ccccc3)CC2=O)cc1. The molecule has 1 saturated heterocycles. The Morgan fingerprint density at radius 2 is 1.50 bits per heavy atom. The van der Waals surface area contributed by atoms with Crippen LogP contribution in [0, 0.1) is 6.92 Å². The summed E-state index contributed by atoms with van der Waals surface area (Å²) in [6, 6.07) is 27.9. The molecule has 1 aliphatic rings. The molecule has 1 atom stereocenters. The summed E-state index contributed by atoms with van der Waals surface area (Å²) in [5.74, 6) is 0.000732. The lowest BCUT2D eigenvalue weighted by Crippen LogP contribution is -2.37. The number of carbonyl (C=O) groups is 2. The summed E-state index contributed by atoms with van der Waals surface area (Å²) in [7, 11) is 0. The predicted octanol–water partition coefficient (Wildman–Crippen LogP) is 4.44. The molecule has 152 valence electrons. The quantitative estimate of drug-likeness (QED) is 0.667. The normalized spacial score (nSPS) is 16.1. The first-order chi connectivity index (χ1) is 14.6. The van der Waals surface area contributed by atoms with Crippen molar-refractivity contribution in [2.45, 2.75) is 31.7 Å². The highest BCUT2D eigenvalue weighted by atomic mass is 16.2. The molecule has 3 aromatic rings. The van der Waals surface area contributed by atoms with E-state index in [0.29, 0.717) is 19.4 Å². The number of hydrogen-bond donors (Lipinski definition) is 1. The van der Waals surface area contributed by atoms with Crippen LogP contribution in [-0.4, -0.2) is 24.4 Å². The summed E-state index contributed by atoms with van der Waals surface area (Å²) in [6.45, 7) is 2.53. The smallest absolute Gasteiger partial charge is 0.229 e. The van der Waals surface area contributed by atoms with Gasteiger partial charge in [-0.2, -0.15) is 0 Å². The van der Waals surface area contributed by atoms with E-state index in [2.05, 4.69) is 29.6 Å². The molecule has 0 spiro atoms. The van der Waals surface area contributed by atoms with Gasteiger partial charge in [-0.3, -0.25) is 9.59 Å². The van der Waals surface area contributed by atoms with Gasteiger partial charge in [-0.1, -0.05) is 78.4 Å². The molecule has 1 N–H and O–H groups in total. The molecule has 1 unspecified atom stereocenters. The average molecular weight is 399 g/mol. The molecule has 0 saturated carbocycles. The summed E-state index contributed by atoms with van der Waals surface area (Å²) >= 11 is 0. The number of benzene rings is 3. The molecule has 30 heavy (non-hydrogen) atoms. The molecule has 4 rings (SSSR count). The van der Waals surface area contributed by atoms with Gasteiger partial charge in [0.05, 0.1) is 6.04 Å². The highest BCUT2D eigenvalue weighted by Crippen LogP contribution is 2.28. The van der Waals surface area contributed by atoms with Crippen molar-refractivity contribution in [1.82, 2.24) is 5.32 Å². The number of hydrogen-bond acceptors (Lipinski definition) is 2. The van der Waals surface area contributed by atoms with Crippen LogP contribution >= 0.6 is 0 Å². The second kappa shape index (κ2) is 8.95. The Morgan fingerprint density at radius 1 is 0.933 bits per heavy atom. The minimum absolute atomic E-state index is 0.0160. The number of aryl methyl sites for hydroxylation is 1. The van der Waals surface area contributed by atoms with Crippen molar-refractivity contribution >= 4 is 17.5 Å². The maximum absolute atomic E-state index is 12.9. The molecule has 2 amide bonds. The van der Waals surface area contributed by atoms with E-state index in [-0.39, 0.29) is 23.8 Å². The van der Waals surface area contributed by atoms with Gasteiger partial charge in [0.2, 0.25) is 11.8 Å². The van der Waals surface area contributed by atoms with Crippen LogP contribution < -0.4 is 10.2 Å². The summed E-state index contributed by atoms with van der Waals surface area (Å²) in [6.07, 6.45) is 0.685. The molecule has 3 aromatic carbocycles. The van der Waals surface area contributed by atoms with Gasteiger partial charge >= 0.3 is 0 Å². The van der Waals surface area contributed by atoms with Crippen LogP contribution in [0.3, 0.4) is 0 Å². The Bertz CT molecular complexity index is 961. The van der Waals surface area contributed by atoms with Crippen molar-refractivity contribution in [2.75, 3.05) is 11.4 Å². The van der Waals surface area contributed by atoms with Crippen LogP contribution in [0.4, 0.5) is 5.69 Å². The van der Waals surface area contributed by atoms with E-state index in [1.165, 1.54) is 0 Å². The Balaban J connectivity index is 1.44. The first-order valence-electron chi connectivity index (χ1n) is 10.4. The fourth-order valence-electron chi connectivity index (χ4n) is 4.05. The molecule has 4 heteroatoms. The summed E-state index contributed by atoms with van der Waals surface area (Å²) < 4.78 is 0. The van der Waals surface area contributed by atoms with Crippen molar-refractivity contribution < 1.29 is 9.59 Å². The molecule has 0 radical (unpaired) electrons. The molecular formula is C26H26N2O2. The molecule has 0 aliphatic carbocycles. The molecule has 1 heterocycles. The number of anilines is 1. The van der Waals surface area contributed by atoms with Crippen molar-refractivity contribution in [3.63, 3.8) is 0 Å². The maximum Gasteiger partial charge on any atom is 0.229 e. The number of amides is 2. The van der Waals surface area contributed by atoms with Gasteiger partial charge in [0.25, 0.3) is 0 Å². The van der Waals surface area contributed by atoms with Crippen LogP contribution in [0.25, 0.3) is 0 Å².